The Labute approximate surface area is 415 Å². The molecule has 0 saturated carbocycles. The molecular weight excluding hydrogens is 857 g/mol. The van der Waals surface area contributed by atoms with Crippen molar-refractivity contribution in [1.82, 2.24) is 4.57 Å². The molecule has 1 aliphatic carbocycles. The second-order valence-electron chi connectivity index (χ2n) is 19.0. The van der Waals surface area contributed by atoms with Gasteiger partial charge >= 0.3 is 0 Å². The normalized spacial score (nSPS) is 14.4. The van der Waals surface area contributed by atoms with Gasteiger partial charge < -0.3 is 9.47 Å². The number of para-hydroxylation sites is 4. The van der Waals surface area contributed by atoms with E-state index in [0.717, 1.165) is 45.9 Å². The van der Waals surface area contributed by atoms with Crippen LogP contribution in [0.25, 0.3) is 93.5 Å². The van der Waals surface area contributed by atoms with Crippen molar-refractivity contribution in [2.45, 2.75) is 18.8 Å². The first kappa shape index (κ1) is 42.1. The minimum Gasteiger partial charge on any atom is -0.309 e. The number of fused-ring (bicyclic) bond motifs is 5. The fraction of sp³-hybridized carbons (Fsp3) is 0.0435. The van der Waals surface area contributed by atoms with Gasteiger partial charge in [-0.15, -0.1) is 0 Å². The molecule has 1 atom stereocenters. The van der Waals surface area contributed by atoms with Crippen molar-refractivity contribution in [1.29, 1.82) is 0 Å². The van der Waals surface area contributed by atoms with E-state index in [1.165, 1.54) is 76.7 Å². The summed E-state index contributed by atoms with van der Waals surface area (Å²) >= 11 is 0. The lowest BCUT2D eigenvalue weighted by molar-refractivity contribution is 0.605. The van der Waals surface area contributed by atoms with Gasteiger partial charge in [0, 0.05) is 38.7 Å². The molecule has 1 heterocycles. The van der Waals surface area contributed by atoms with E-state index in [4.69, 9.17) is 0 Å². The van der Waals surface area contributed by atoms with Crippen molar-refractivity contribution in [2.75, 3.05) is 4.90 Å². The molecule has 0 spiro atoms. The molecule has 1 unspecified atom stereocenters. The van der Waals surface area contributed by atoms with E-state index in [1.54, 1.807) is 0 Å². The third-order valence-electron chi connectivity index (χ3n) is 14.8. The molecule has 1 aromatic heterocycles. The van der Waals surface area contributed by atoms with Gasteiger partial charge in [-0.2, -0.15) is 0 Å². The first-order valence-corrected chi connectivity index (χ1v) is 24.7. The lowest BCUT2D eigenvalue weighted by Gasteiger charge is -2.32. The fourth-order valence-electron chi connectivity index (χ4n) is 11.4. The van der Waals surface area contributed by atoms with Crippen molar-refractivity contribution in [3.63, 3.8) is 0 Å². The molecule has 0 amide bonds. The van der Waals surface area contributed by atoms with Gasteiger partial charge in [0.2, 0.25) is 0 Å². The van der Waals surface area contributed by atoms with Crippen LogP contribution in [-0.2, 0) is 5.41 Å². The minimum atomic E-state index is -0.155. The van der Waals surface area contributed by atoms with Gasteiger partial charge in [0.1, 0.15) is 0 Å². The molecular formula is C69H50N2. The smallest absolute Gasteiger partial charge is 0.0547 e. The summed E-state index contributed by atoms with van der Waals surface area (Å²) in [5.41, 5.74) is 17.4. The van der Waals surface area contributed by atoms with Crippen LogP contribution in [0.4, 0.5) is 17.1 Å². The third-order valence-corrected chi connectivity index (χ3v) is 14.8. The van der Waals surface area contributed by atoms with Crippen molar-refractivity contribution in [2.24, 2.45) is 0 Å². The number of aromatic nitrogens is 1. The molecule has 0 fully saturated rings. The highest BCUT2D eigenvalue weighted by Crippen LogP contribution is 2.50. The lowest BCUT2D eigenvalue weighted by atomic mass is 9.74. The second-order valence-corrected chi connectivity index (χ2v) is 19.0. The molecule has 336 valence electrons. The molecule has 0 N–H and O–H groups in total. The summed E-state index contributed by atoms with van der Waals surface area (Å²) in [5.74, 6) is 0. The summed E-state index contributed by atoms with van der Waals surface area (Å²) in [7, 11) is 0. The molecule has 71 heavy (non-hydrogen) atoms. The zero-order chi connectivity index (χ0) is 47.3. The van der Waals surface area contributed by atoms with E-state index in [1.807, 2.05) is 0 Å². The Balaban J connectivity index is 1.06. The van der Waals surface area contributed by atoms with E-state index in [0.29, 0.717) is 0 Å². The van der Waals surface area contributed by atoms with E-state index in [9.17, 15) is 0 Å². The topological polar surface area (TPSA) is 8.17 Å². The van der Waals surface area contributed by atoms with Gasteiger partial charge in [-0.1, -0.05) is 231 Å². The number of rotatable bonds is 9. The number of benzene rings is 11. The number of allylic oxidation sites excluding steroid dienone is 4. The Hall–Kier alpha value is -8.98. The molecule has 11 aromatic carbocycles. The molecule has 1 aliphatic rings. The maximum Gasteiger partial charge on any atom is 0.0547 e. The fourth-order valence-corrected chi connectivity index (χ4v) is 11.4. The van der Waals surface area contributed by atoms with Gasteiger partial charge in [-0.05, 0) is 115 Å². The number of nitrogens with zero attached hydrogens (tertiary/aromatic N) is 2. The van der Waals surface area contributed by atoms with E-state index in [-0.39, 0.29) is 5.41 Å². The quantitative estimate of drug-likeness (QED) is 0.140. The van der Waals surface area contributed by atoms with Crippen LogP contribution in [0.1, 0.15) is 18.9 Å². The maximum atomic E-state index is 2.52. The third kappa shape index (κ3) is 7.27. The lowest BCUT2D eigenvalue weighted by Crippen LogP contribution is -2.20. The van der Waals surface area contributed by atoms with Crippen LogP contribution in [0.2, 0.25) is 0 Å². The van der Waals surface area contributed by atoms with Crippen LogP contribution in [0.5, 0.6) is 0 Å². The Morgan fingerprint density at radius 2 is 0.944 bits per heavy atom. The molecule has 0 saturated heterocycles. The molecule has 0 aliphatic heterocycles. The Kier molecular flexibility index (Phi) is 10.4. The molecule has 0 radical (unpaired) electrons. The summed E-state index contributed by atoms with van der Waals surface area (Å²) in [6.45, 7) is 2.38. The van der Waals surface area contributed by atoms with Crippen LogP contribution < -0.4 is 4.90 Å². The average Bonchev–Trinajstić information content (AvgIpc) is 3.77. The SMILES string of the molecule is CC1(c2cccc3cccc(-c4ccccc4N(c4cccc(-c5ccc6c7ccccc7n(-c7ccccc7)c6c5)c4)c4ccccc4-c4cccc5cccc(-c6ccccc6)c45)c23)C=CC=CC1. The van der Waals surface area contributed by atoms with Gasteiger partial charge in [0.05, 0.1) is 22.4 Å². The first-order valence-electron chi connectivity index (χ1n) is 24.7. The van der Waals surface area contributed by atoms with Crippen LogP contribution in [0.15, 0.2) is 273 Å². The van der Waals surface area contributed by atoms with Gasteiger partial charge in [-0.3, -0.25) is 0 Å². The summed E-state index contributed by atoms with van der Waals surface area (Å²) < 4.78 is 2.41. The van der Waals surface area contributed by atoms with E-state index in [2.05, 4.69) is 289 Å². The number of anilines is 3. The summed E-state index contributed by atoms with van der Waals surface area (Å²) in [4.78, 5) is 2.52. The molecule has 0 bridgehead atoms. The number of hydrogen-bond donors (Lipinski definition) is 0. The Bertz CT molecular complexity index is 4030. The van der Waals surface area contributed by atoms with Crippen molar-refractivity contribution >= 4 is 60.4 Å². The maximum absolute atomic E-state index is 2.52. The summed E-state index contributed by atoms with van der Waals surface area (Å²) in [5, 5.41) is 7.45. The van der Waals surface area contributed by atoms with E-state index >= 15 is 0 Å². The zero-order valence-electron chi connectivity index (χ0n) is 39.6. The van der Waals surface area contributed by atoms with Gasteiger partial charge in [-0.25, -0.2) is 0 Å². The average molecular weight is 907 g/mol. The monoisotopic (exact) mass is 906 g/mol. The predicted octanol–water partition coefficient (Wildman–Crippen LogP) is 19.0. The highest BCUT2D eigenvalue weighted by atomic mass is 15.1. The standard InChI is InChI=1S/C69H50N2/c1-69(44-15-4-16-45-69)62-38-21-27-50-26-20-37-61(68(50)62)58-34-11-14-41-65(58)71(64-40-13-10-33-57(64)60-36-19-25-49-24-18-35-55(67(49)60)48-22-5-2-6-23-48)54-31-17-28-51(46-54)52-42-43-59-56-32-9-12-39-63(56)70(66(59)47-52)53-29-7-3-8-30-53/h2-44,46-47H,45H2,1H3. The summed E-state index contributed by atoms with van der Waals surface area (Å²) in [6.07, 6.45) is 10.0. The van der Waals surface area contributed by atoms with Crippen LogP contribution in [0, 0.1) is 0 Å². The van der Waals surface area contributed by atoms with Gasteiger partial charge in [0.15, 0.2) is 0 Å². The van der Waals surface area contributed by atoms with E-state index < -0.39 is 0 Å². The summed E-state index contributed by atoms with van der Waals surface area (Å²) in [6, 6.07) is 91.6. The molecule has 2 nitrogen and oxygen atoms in total. The first-order chi connectivity index (χ1) is 35.1. The minimum absolute atomic E-state index is 0.155. The highest BCUT2D eigenvalue weighted by Gasteiger charge is 2.29. The van der Waals surface area contributed by atoms with Crippen molar-refractivity contribution in [3.05, 3.63) is 279 Å². The van der Waals surface area contributed by atoms with Crippen LogP contribution in [0.3, 0.4) is 0 Å². The van der Waals surface area contributed by atoms with Gasteiger partial charge in [0.25, 0.3) is 0 Å². The van der Waals surface area contributed by atoms with Crippen LogP contribution in [-0.4, -0.2) is 4.57 Å². The zero-order valence-corrected chi connectivity index (χ0v) is 39.6. The second kappa shape index (κ2) is 17.5. The van der Waals surface area contributed by atoms with Crippen molar-refractivity contribution < 1.29 is 0 Å². The van der Waals surface area contributed by atoms with Crippen molar-refractivity contribution in [3.8, 4) is 50.2 Å². The Morgan fingerprint density at radius 3 is 1.66 bits per heavy atom. The molecule has 2 heteroatoms. The number of hydrogen-bond acceptors (Lipinski definition) is 1. The predicted molar refractivity (Wildman–Crippen MR) is 302 cm³/mol. The Morgan fingerprint density at radius 1 is 0.394 bits per heavy atom. The largest absolute Gasteiger partial charge is 0.309 e. The molecule has 13 rings (SSSR count). The molecule has 12 aromatic rings. The van der Waals surface area contributed by atoms with Crippen LogP contribution >= 0.6 is 0 Å². The highest BCUT2D eigenvalue weighted by molar-refractivity contribution is 6.12.